The average molecular weight is 477 g/mol. The van der Waals surface area contributed by atoms with Crippen LogP contribution in [-0.2, 0) is 20.0 Å². The molecule has 2 N–H and O–H groups in total. The summed E-state index contributed by atoms with van der Waals surface area (Å²) >= 11 is 5.55. The van der Waals surface area contributed by atoms with Gasteiger partial charge < -0.3 is 4.74 Å². The predicted molar refractivity (Wildman–Crippen MR) is 94.9 cm³/mol. The van der Waals surface area contributed by atoms with E-state index in [-0.39, 0.29) is 9.92 Å². The highest BCUT2D eigenvalue weighted by Gasteiger charge is 2.31. The third-order valence-electron chi connectivity index (χ3n) is 3.26. The first kappa shape index (κ1) is 23.3. The van der Waals surface area contributed by atoms with Crippen LogP contribution in [-0.4, -0.2) is 36.3 Å². The number of ether oxygens (including phenoxy) is 1. The maximum atomic E-state index is 13.7. The van der Waals surface area contributed by atoms with Crippen molar-refractivity contribution < 1.29 is 39.1 Å². The standard InChI is InChI=1S/C15H13ClF4N2O5S2/c16-10-1-6-14(13(17)9-10)29(25,26)22-8-7-21-28(23,24)12-4-2-11(3-5-12)27-15(18,19)20/h1-6,9,21-22H,7-8H2. The minimum atomic E-state index is -4.92. The van der Waals surface area contributed by atoms with Gasteiger partial charge in [0.05, 0.1) is 4.90 Å². The van der Waals surface area contributed by atoms with Gasteiger partial charge in [-0.25, -0.2) is 30.7 Å². The van der Waals surface area contributed by atoms with E-state index in [1.165, 1.54) is 6.07 Å². The molecule has 0 aliphatic rings. The van der Waals surface area contributed by atoms with Gasteiger partial charge in [-0.2, -0.15) is 0 Å². The quantitative estimate of drug-likeness (QED) is 0.450. The Morgan fingerprint density at radius 1 is 0.897 bits per heavy atom. The van der Waals surface area contributed by atoms with Crippen molar-refractivity contribution in [3.8, 4) is 5.75 Å². The molecule has 0 unspecified atom stereocenters. The molecule has 0 saturated carbocycles. The number of nitrogens with one attached hydrogen (secondary N) is 2. The van der Waals surface area contributed by atoms with Crippen molar-refractivity contribution in [2.45, 2.75) is 16.2 Å². The molecule has 0 saturated heterocycles. The molecule has 0 atom stereocenters. The molecule has 0 aliphatic carbocycles. The van der Waals surface area contributed by atoms with Crippen LogP contribution in [0, 0.1) is 5.82 Å². The maximum absolute atomic E-state index is 13.7. The molecule has 29 heavy (non-hydrogen) atoms. The molecule has 0 aromatic heterocycles. The number of hydrogen-bond donors (Lipinski definition) is 2. The summed E-state index contributed by atoms with van der Waals surface area (Å²) in [6.45, 7) is -0.823. The highest BCUT2D eigenvalue weighted by Crippen LogP contribution is 2.24. The van der Waals surface area contributed by atoms with E-state index in [0.29, 0.717) is 0 Å². The summed E-state index contributed by atoms with van der Waals surface area (Å²) in [6.07, 6.45) is -4.92. The fraction of sp³-hybridized carbons (Fsp3) is 0.200. The monoisotopic (exact) mass is 476 g/mol. The first-order chi connectivity index (χ1) is 13.3. The van der Waals surface area contributed by atoms with Gasteiger partial charge in [0.15, 0.2) is 0 Å². The van der Waals surface area contributed by atoms with Gasteiger partial charge in [0, 0.05) is 18.1 Å². The van der Waals surface area contributed by atoms with E-state index in [9.17, 15) is 34.4 Å². The second kappa shape index (κ2) is 8.83. The fourth-order valence-corrected chi connectivity index (χ4v) is 4.33. The molecule has 0 fully saturated rings. The molecular weight excluding hydrogens is 464 g/mol. The number of hydrogen-bond acceptors (Lipinski definition) is 5. The van der Waals surface area contributed by atoms with Crippen LogP contribution in [0.3, 0.4) is 0 Å². The first-order valence-corrected chi connectivity index (χ1v) is 10.9. The van der Waals surface area contributed by atoms with Gasteiger partial charge in [-0.3, -0.25) is 0 Å². The van der Waals surface area contributed by atoms with Gasteiger partial charge in [0.25, 0.3) is 0 Å². The Kier molecular flexibility index (Phi) is 7.11. The normalized spacial score (nSPS) is 12.7. The summed E-state index contributed by atoms with van der Waals surface area (Å²) in [5.41, 5.74) is 0. The summed E-state index contributed by atoms with van der Waals surface area (Å²) in [4.78, 5) is -1.02. The van der Waals surface area contributed by atoms with E-state index in [1.807, 2.05) is 4.72 Å². The zero-order chi connectivity index (χ0) is 21.9. The van der Waals surface area contributed by atoms with Crippen LogP contribution in [0.2, 0.25) is 5.02 Å². The number of alkyl halides is 3. The molecule has 2 aromatic rings. The van der Waals surface area contributed by atoms with Crippen molar-refractivity contribution in [1.82, 2.24) is 9.44 Å². The molecule has 0 heterocycles. The summed E-state index contributed by atoms with van der Waals surface area (Å²) < 4.78 is 106. The number of halogens is 5. The van der Waals surface area contributed by atoms with Crippen LogP contribution in [0.25, 0.3) is 0 Å². The lowest BCUT2D eigenvalue weighted by molar-refractivity contribution is -0.274. The van der Waals surface area contributed by atoms with Crippen LogP contribution in [0.1, 0.15) is 0 Å². The largest absolute Gasteiger partial charge is 0.573 e. The third kappa shape index (κ3) is 6.82. The Balaban J connectivity index is 1.95. The van der Waals surface area contributed by atoms with Crippen molar-refractivity contribution in [3.05, 3.63) is 53.3 Å². The van der Waals surface area contributed by atoms with Crippen molar-refractivity contribution >= 4 is 31.6 Å². The highest BCUT2D eigenvalue weighted by atomic mass is 35.5. The summed E-state index contributed by atoms with van der Waals surface area (Å²) in [5, 5.41) is 0.000798. The van der Waals surface area contributed by atoms with Gasteiger partial charge in [-0.15, -0.1) is 13.2 Å². The van der Waals surface area contributed by atoms with E-state index in [4.69, 9.17) is 11.6 Å². The van der Waals surface area contributed by atoms with E-state index in [0.717, 1.165) is 36.4 Å². The molecule has 0 spiro atoms. The van der Waals surface area contributed by atoms with Crippen molar-refractivity contribution in [2.24, 2.45) is 0 Å². The van der Waals surface area contributed by atoms with E-state index in [1.54, 1.807) is 0 Å². The van der Waals surface area contributed by atoms with E-state index in [2.05, 4.69) is 9.46 Å². The Morgan fingerprint density at radius 2 is 1.45 bits per heavy atom. The predicted octanol–water partition coefficient (Wildman–Crippen LogP) is 2.63. The summed E-state index contributed by atoms with van der Waals surface area (Å²) in [6, 6.07) is 6.34. The van der Waals surface area contributed by atoms with Crippen molar-refractivity contribution in [1.29, 1.82) is 0 Å². The van der Waals surface area contributed by atoms with Gasteiger partial charge >= 0.3 is 6.36 Å². The summed E-state index contributed by atoms with van der Waals surface area (Å²) in [5.74, 6) is -1.68. The molecule has 7 nitrogen and oxygen atoms in total. The number of sulfonamides is 2. The lowest BCUT2D eigenvalue weighted by atomic mass is 10.3. The van der Waals surface area contributed by atoms with Crippen LogP contribution < -0.4 is 14.2 Å². The molecule has 0 bridgehead atoms. The first-order valence-electron chi connectivity index (χ1n) is 7.60. The van der Waals surface area contributed by atoms with Gasteiger partial charge in [0.2, 0.25) is 20.0 Å². The van der Waals surface area contributed by atoms with Gasteiger partial charge in [0.1, 0.15) is 16.5 Å². The molecule has 160 valence electrons. The van der Waals surface area contributed by atoms with Crippen LogP contribution in [0.15, 0.2) is 52.3 Å². The SMILES string of the molecule is O=S(=O)(NCCNS(=O)(=O)c1ccc(Cl)cc1F)c1ccc(OC(F)(F)F)cc1. The molecule has 2 rings (SSSR count). The minimum absolute atomic E-state index is 0.000798. The second-order valence-corrected chi connectivity index (χ2v) is 9.33. The minimum Gasteiger partial charge on any atom is -0.406 e. The molecule has 0 amide bonds. The fourth-order valence-electron chi connectivity index (χ4n) is 2.05. The average Bonchev–Trinajstić information content (AvgIpc) is 2.57. The molecule has 0 aliphatic heterocycles. The zero-order valence-electron chi connectivity index (χ0n) is 14.2. The third-order valence-corrected chi connectivity index (χ3v) is 6.47. The highest BCUT2D eigenvalue weighted by molar-refractivity contribution is 7.90. The Morgan fingerprint density at radius 3 is 1.97 bits per heavy atom. The van der Waals surface area contributed by atoms with Crippen LogP contribution >= 0.6 is 11.6 Å². The van der Waals surface area contributed by atoms with Crippen molar-refractivity contribution in [2.75, 3.05) is 13.1 Å². The Hall–Kier alpha value is -1.93. The molecule has 14 heteroatoms. The topological polar surface area (TPSA) is 102 Å². The second-order valence-electron chi connectivity index (χ2n) is 5.39. The maximum Gasteiger partial charge on any atom is 0.573 e. The molecule has 2 aromatic carbocycles. The van der Waals surface area contributed by atoms with E-state index < -0.39 is 56.0 Å². The molecule has 0 radical (unpaired) electrons. The lowest BCUT2D eigenvalue weighted by Crippen LogP contribution is -2.35. The van der Waals surface area contributed by atoms with Crippen molar-refractivity contribution in [3.63, 3.8) is 0 Å². The Labute approximate surface area is 168 Å². The van der Waals surface area contributed by atoms with Gasteiger partial charge in [-0.05, 0) is 42.5 Å². The smallest absolute Gasteiger partial charge is 0.406 e. The zero-order valence-corrected chi connectivity index (χ0v) is 16.6. The van der Waals surface area contributed by atoms with Crippen LogP contribution in [0.5, 0.6) is 5.75 Å². The molecular formula is C15H13ClF4N2O5S2. The van der Waals surface area contributed by atoms with Gasteiger partial charge in [-0.1, -0.05) is 11.6 Å². The lowest BCUT2D eigenvalue weighted by Gasteiger charge is -2.11. The van der Waals surface area contributed by atoms with Crippen LogP contribution in [0.4, 0.5) is 17.6 Å². The number of rotatable bonds is 8. The number of benzene rings is 2. The summed E-state index contributed by atoms with van der Waals surface area (Å²) in [7, 11) is -8.38. The Bertz CT molecular complexity index is 1070. The van der Waals surface area contributed by atoms with E-state index >= 15 is 0 Å².